The highest BCUT2D eigenvalue weighted by atomic mass is 19.1. The monoisotopic (exact) mass is 616 g/mol. The van der Waals surface area contributed by atoms with Crippen molar-refractivity contribution in [2.24, 2.45) is 0 Å². The lowest BCUT2D eigenvalue weighted by Crippen LogP contribution is -2.26. The van der Waals surface area contributed by atoms with Crippen LogP contribution in [0.1, 0.15) is 56.6 Å². The lowest BCUT2D eigenvalue weighted by molar-refractivity contribution is 0.0953. The highest BCUT2D eigenvalue weighted by molar-refractivity contribution is 6.08. The molecule has 0 saturated heterocycles. The molecule has 0 fully saturated rings. The fraction of sp³-hybridized carbons (Fsp3) is 0.200. The van der Waals surface area contributed by atoms with Crippen molar-refractivity contribution in [3.63, 3.8) is 0 Å². The molecule has 3 N–H and O–H groups in total. The van der Waals surface area contributed by atoms with E-state index in [9.17, 15) is 14.0 Å². The Morgan fingerprint density at radius 3 is 2.48 bits per heavy atom. The van der Waals surface area contributed by atoms with Crippen LogP contribution in [0.15, 0.2) is 84.9 Å². The van der Waals surface area contributed by atoms with Crippen molar-refractivity contribution in [3.8, 4) is 11.1 Å². The van der Waals surface area contributed by atoms with Gasteiger partial charge in [-0.2, -0.15) is 5.21 Å². The highest BCUT2D eigenvalue weighted by Crippen LogP contribution is 2.27. The lowest BCUT2D eigenvalue weighted by atomic mass is 9.98. The van der Waals surface area contributed by atoms with Crippen LogP contribution in [0, 0.1) is 12.7 Å². The molecule has 0 spiro atoms. The van der Waals surface area contributed by atoms with Gasteiger partial charge in [-0.25, -0.2) is 9.37 Å². The van der Waals surface area contributed by atoms with E-state index in [1.54, 1.807) is 24.3 Å². The lowest BCUT2D eigenvalue weighted by Gasteiger charge is -2.12. The number of nitrogens with one attached hydrogen (secondary N) is 3. The summed E-state index contributed by atoms with van der Waals surface area (Å²) < 4.78 is 16.2. The van der Waals surface area contributed by atoms with Gasteiger partial charge in [0.2, 0.25) is 0 Å². The van der Waals surface area contributed by atoms with Gasteiger partial charge in [0.05, 0.1) is 11.0 Å². The number of amides is 2. The average Bonchev–Trinajstić information content (AvgIpc) is 3.70. The number of rotatable bonds is 11. The third-order valence-electron chi connectivity index (χ3n) is 7.85. The van der Waals surface area contributed by atoms with Gasteiger partial charge in [0, 0.05) is 30.6 Å². The van der Waals surface area contributed by atoms with E-state index in [-0.39, 0.29) is 23.6 Å². The standard InChI is InChI=1S/C35H33FN8O2/c1-3-8-31-38-32-22(2)19-26(33(45)37-18-17-25-9-4-7-12-29(25)36)20-30(32)44(31)21-23-13-15-24(16-14-23)27-10-5-6-11-28(27)34(46)39-35-40-42-43-41-35/h4-7,9-16,19-20H,3,8,17-18,21H2,1-2H3,(H,37,45)(H2,39,40,41,42,43,46). The molecule has 2 heterocycles. The summed E-state index contributed by atoms with van der Waals surface area (Å²) in [7, 11) is 0. The van der Waals surface area contributed by atoms with Gasteiger partial charge in [-0.05, 0) is 77.1 Å². The van der Waals surface area contributed by atoms with Gasteiger partial charge < -0.3 is 9.88 Å². The summed E-state index contributed by atoms with van der Waals surface area (Å²) >= 11 is 0. The van der Waals surface area contributed by atoms with Crippen LogP contribution in [0.5, 0.6) is 0 Å². The second-order valence-corrected chi connectivity index (χ2v) is 11.1. The molecule has 0 unspecified atom stereocenters. The van der Waals surface area contributed by atoms with Crippen molar-refractivity contribution in [3.05, 3.63) is 124 Å². The van der Waals surface area contributed by atoms with Crippen LogP contribution in [-0.2, 0) is 19.4 Å². The number of anilines is 1. The molecule has 0 radical (unpaired) electrons. The number of aromatic nitrogens is 6. The average molecular weight is 617 g/mol. The molecule has 6 aromatic rings. The number of aryl methyl sites for hydroxylation is 2. The van der Waals surface area contributed by atoms with Crippen LogP contribution in [0.2, 0.25) is 0 Å². The Morgan fingerprint density at radius 2 is 1.72 bits per heavy atom. The number of tetrazole rings is 1. The van der Waals surface area contributed by atoms with Crippen molar-refractivity contribution in [1.82, 2.24) is 35.5 Å². The smallest absolute Gasteiger partial charge is 0.270 e. The molecule has 2 amide bonds. The first-order valence-corrected chi connectivity index (χ1v) is 15.2. The molecular formula is C35H33FN8O2. The molecule has 46 heavy (non-hydrogen) atoms. The molecule has 10 nitrogen and oxygen atoms in total. The van der Waals surface area contributed by atoms with E-state index < -0.39 is 0 Å². The first-order valence-electron chi connectivity index (χ1n) is 15.2. The first-order chi connectivity index (χ1) is 22.4. The van der Waals surface area contributed by atoms with Crippen LogP contribution >= 0.6 is 0 Å². The number of nitrogens with zero attached hydrogens (tertiary/aromatic N) is 5. The maximum Gasteiger partial charge on any atom is 0.270 e. The zero-order chi connectivity index (χ0) is 32.0. The van der Waals surface area contributed by atoms with Crippen molar-refractivity contribution < 1.29 is 14.0 Å². The van der Waals surface area contributed by atoms with Crippen molar-refractivity contribution in [2.45, 2.75) is 39.7 Å². The normalized spacial score (nSPS) is 11.1. The number of imidazole rings is 1. The maximum absolute atomic E-state index is 14.0. The third-order valence-corrected chi connectivity index (χ3v) is 7.85. The first kappa shape index (κ1) is 30.3. The summed E-state index contributed by atoms with van der Waals surface area (Å²) in [6.45, 7) is 4.97. The van der Waals surface area contributed by atoms with E-state index in [4.69, 9.17) is 4.98 Å². The van der Waals surface area contributed by atoms with Gasteiger partial charge in [0.25, 0.3) is 17.8 Å². The topological polar surface area (TPSA) is 130 Å². The van der Waals surface area contributed by atoms with Crippen molar-refractivity contribution in [1.29, 1.82) is 0 Å². The largest absolute Gasteiger partial charge is 0.352 e. The molecule has 0 atom stereocenters. The van der Waals surface area contributed by atoms with Crippen LogP contribution in [-0.4, -0.2) is 48.5 Å². The second-order valence-electron chi connectivity index (χ2n) is 11.1. The van der Waals surface area contributed by atoms with Gasteiger partial charge in [-0.1, -0.05) is 72.7 Å². The molecule has 11 heteroatoms. The second kappa shape index (κ2) is 13.5. The Kier molecular flexibility index (Phi) is 8.91. The number of carbonyl (C=O) groups excluding carboxylic acids is 2. The number of H-pyrrole nitrogens is 1. The quantitative estimate of drug-likeness (QED) is 0.166. The number of hydrogen-bond acceptors (Lipinski definition) is 6. The summed E-state index contributed by atoms with van der Waals surface area (Å²) in [5.74, 6) is 0.231. The van der Waals surface area contributed by atoms with Gasteiger partial charge in [0.15, 0.2) is 0 Å². The number of carbonyl (C=O) groups is 2. The Balaban J connectivity index is 1.24. The van der Waals surface area contributed by atoms with Gasteiger partial charge in [0.1, 0.15) is 11.6 Å². The summed E-state index contributed by atoms with van der Waals surface area (Å²) in [5, 5.41) is 19.0. The number of benzene rings is 4. The molecule has 2 aromatic heterocycles. The number of hydrogen-bond donors (Lipinski definition) is 3. The van der Waals surface area contributed by atoms with Crippen molar-refractivity contribution in [2.75, 3.05) is 11.9 Å². The molecule has 0 aliphatic rings. The highest BCUT2D eigenvalue weighted by Gasteiger charge is 2.18. The molecule has 0 saturated carbocycles. The Hall–Kier alpha value is -5.71. The van der Waals surface area contributed by atoms with E-state index in [2.05, 4.69) is 42.7 Å². The minimum absolute atomic E-state index is 0.101. The Morgan fingerprint density at radius 1 is 0.935 bits per heavy atom. The fourth-order valence-corrected chi connectivity index (χ4v) is 5.57. The van der Waals surface area contributed by atoms with E-state index in [0.717, 1.165) is 52.0 Å². The number of fused-ring (bicyclic) bond motifs is 1. The van der Waals surface area contributed by atoms with Gasteiger partial charge in [-0.3, -0.25) is 14.9 Å². The molecule has 0 aliphatic heterocycles. The maximum atomic E-state index is 14.0. The molecule has 0 aliphatic carbocycles. The molecule has 0 bridgehead atoms. The Labute approximate surface area is 265 Å². The van der Waals surface area contributed by atoms with Gasteiger partial charge >= 0.3 is 0 Å². The van der Waals surface area contributed by atoms with Crippen molar-refractivity contribution >= 4 is 28.8 Å². The summed E-state index contributed by atoms with van der Waals surface area (Å²) in [6, 6.07) is 25.8. The minimum atomic E-state index is -0.336. The van der Waals surface area contributed by atoms with Crippen LogP contribution in [0.3, 0.4) is 0 Å². The Bertz CT molecular complexity index is 2000. The molecular weight excluding hydrogens is 583 g/mol. The van der Waals surface area contributed by atoms with Gasteiger partial charge in [-0.15, -0.1) is 5.10 Å². The summed E-state index contributed by atoms with van der Waals surface area (Å²) in [4.78, 5) is 31.1. The summed E-state index contributed by atoms with van der Waals surface area (Å²) in [6.07, 6.45) is 2.12. The van der Waals surface area contributed by atoms with Crippen LogP contribution in [0.4, 0.5) is 10.3 Å². The van der Waals surface area contributed by atoms with E-state index in [1.807, 2.05) is 61.5 Å². The minimum Gasteiger partial charge on any atom is -0.352 e. The number of halogens is 1. The van der Waals surface area contributed by atoms with Crippen LogP contribution in [0.25, 0.3) is 22.2 Å². The predicted octanol–water partition coefficient (Wildman–Crippen LogP) is 5.89. The molecule has 232 valence electrons. The third kappa shape index (κ3) is 6.53. The zero-order valence-electron chi connectivity index (χ0n) is 25.5. The SMILES string of the molecule is CCCc1nc2c(C)cc(C(=O)NCCc3ccccc3F)cc2n1Cc1ccc(-c2ccccc2C(=O)Nc2nn[nH]n2)cc1. The zero-order valence-corrected chi connectivity index (χ0v) is 25.5. The van der Waals surface area contributed by atoms with Crippen LogP contribution < -0.4 is 10.6 Å². The summed E-state index contributed by atoms with van der Waals surface area (Å²) in [5.41, 5.74) is 6.96. The fourth-order valence-electron chi connectivity index (χ4n) is 5.57. The van der Waals surface area contributed by atoms with E-state index in [1.165, 1.54) is 6.07 Å². The molecule has 6 rings (SSSR count). The van der Waals surface area contributed by atoms with E-state index >= 15 is 0 Å². The van der Waals surface area contributed by atoms with E-state index in [0.29, 0.717) is 36.2 Å². The predicted molar refractivity (Wildman–Crippen MR) is 174 cm³/mol. The molecule has 4 aromatic carbocycles. The number of aromatic amines is 1.